The van der Waals surface area contributed by atoms with E-state index >= 15 is 0 Å². The minimum absolute atomic E-state index is 0.111. The summed E-state index contributed by atoms with van der Waals surface area (Å²) in [6.07, 6.45) is 4.24. The SMILES string of the molecule is CCCCN(C)C(=O)c1coc(C(N)CC(C)C)n1. The molecule has 0 aliphatic heterocycles. The van der Waals surface area contributed by atoms with E-state index in [1.807, 2.05) is 0 Å². The van der Waals surface area contributed by atoms with Crippen molar-refractivity contribution in [3.8, 4) is 0 Å². The molecule has 0 saturated heterocycles. The maximum Gasteiger partial charge on any atom is 0.275 e. The summed E-state index contributed by atoms with van der Waals surface area (Å²) < 4.78 is 5.32. The topological polar surface area (TPSA) is 72.4 Å². The Morgan fingerprint density at radius 1 is 1.53 bits per heavy atom. The molecule has 1 atom stereocenters. The van der Waals surface area contributed by atoms with Crippen molar-refractivity contribution in [1.29, 1.82) is 0 Å². The maximum absolute atomic E-state index is 12.1. The van der Waals surface area contributed by atoms with E-state index in [1.54, 1.807) is 11.9 Å². The number of rotatable bonds is 7. The van der Waals surface area contributed by atoms with Crippen LogP contribution in [0.1, 0.15) is 62.5 Å². The van der Waals surface area contributed by atoms with Crippen molar-refractivity contribution in [2.24, 2.45) is 11.7 Å². The fourth-order valence-corrected chi connectivity index (χ4v) is 1.86. The molecule has 1 heterocycles. The molecule has 1 aromatic rings. The lowest BCUT2D eigenvalue weighted by molar-refractivity contribution is 0.0787. The van der Waals surface area contributed by atoms with E-state index in [4.69, 9.17) is 10.2 Å². The van der Waals surface area contributed by atoms with Crippen LogP contribution in [0.2, 0.25) is 0 Å². The van der Waals surface area contributed by atoms with Crippen molar-refractivity contribution < 1.29 is 9.21 Å². The fraction of sp³-hybridized carbons (Fsp3) is 0.714. The molecular formula is C14H25N3O2. The van der Waals surface area contributed by atoms with Gasteiger partial charge in [-0.05, 0) is 18.8 Å². The standard InChI is InChI=1S/C14H25N3O2/c1-5-6-7-17(4)14(18)12-9-19-13(16-12)11(15)8-10(2)3/h9-11H,5-8,15H2,1-4H3. The number of carbonyl (C=O) groups is 1. The van der Waals surface area contributed by atoms with Gasteiger partial charge in [-0.15, -0.1) is 0 Å². The number of hydrogen-bond acceptors (Lipinski definition) is 4. The molecule has 1 aromatic heterocycles. The largest absolute Gasteiger partial charge is 0.446 e. The zero-order chi connectivity index (χ0) is 14.4. The van der Waals surface area contributed by atoms with E-state index < -0.39 is 0 Å². The van der Waals surface area contributed by atoms with Crippen LogP contribution in [0.15, 0.2) is 10.7 Å². The van der Waals surface area contributed by atoms with Gasteiger partial charge >= 0.3 is 0 Å². The molecular weight excluding hydrogens is 242 g/mol. The molecule has 0 fully saturated rings. The average Bonchev–Trinajstić information content (AvgIpc) is 2.83. The van der Waals surface area contributed by atoms with Gasteiger partial charge in [-0.25, -0.2) is 4.98 Å². The van der Waals surface area contributed by atoms with Crippen LogP contribution >= 0.6 is 0 Å². The van der Waals surface area contributed by atoms with Gasteiger partial charge in [0, 0.05) is 13.6 Å². The Labute approximate surface area is 115 Å². The lowest BCUT2D eigenvalue weighted by atomic mass is 10.0. The Hall–Kier alpha value is -1.36. The van der Waals surface area contributed by atoms with Gasteiger partial charge in [-0.1, -0.05) is 27.2 Å². The second-order valence-corrected chi connectivity index (χ2v) is 5.39. The first-order valence-electron chi connectivity index (χ1n) is 6.92. The Morgan fingerprint density at radius 3 is 2.79 bits per heavy atom. The molecule has 0 bridgehead atoms. The number of nitrogens with zero attached hydrogens (tertiary/aromatic N) is 2. The quantitative estimate of drug-likeness (QED) is 0.824. The first-order chi connectivity index (χ1) is 8.95. The van der Waals surface area contributed by atoms with Crippen LogP contribution in [0.3, 0.4) is 0 Å². The lowest BCUT2D eigenvalue weighted by Crippen LogP contribution is -2.28. The van der Waals surface area contributed by atoms with Crippen LogP contribution in [0.25, 0.3) is 0 Å². The maximum atomic E-state index is 12.1. The van der Waals surface area contributed by atoms with E-state index in [0.29, 0.717) is 17.5 Å². The summed E-state index contributed by atoms with van der Waals surface area (Å²) in [5.41, 5.74) is 6.33. The minimum Gasteiger partial charge on any atom is -0.446 e. The van der Waals surface area contributed by atoms with Crippen LogP contribution in [0, 0.1) is 5.92 Å². The third kappa shape index (κ3) is 4.67. The monoisotopic (exact) mass is 267 g/mol. The highest BCUT2D eigenvalue weighted by atomic mass is 16.3. The number of oxazole rings is 1. The Bertz CT molecular complexity index is 401. The Kier molecular flexibility index (Phi) is 6.02. The molecule has 108 valence electrons. The van der Waals surface area contributed by atoms with Gasteiger partial charge in [0.05, 0.1) is 6.04 Å². The van der Waals surface area contributed by atoms with E-state index in [-0.39, 0.29) is 11.9 Å². The van der Waals surface area contributed by atoms with Crippen molar-refractivity contribution >= 4 is 5.91 Å². The first-order valence-corrected chi connectivity index (χ1v) is 6.92. The molecule has 19 heavy (non-hydrogen) atoms. The van der Waals surface area contributed by atoms with Crippen molar-refractivity contribution in [2.75, 3.05) is 13.6 Å². The molecule has 0 radical (unpaired) electrons. The van der Waals surface area contributed by atoms with E-state index in [2.05, 4.69) is 25.8 Å². The molecule has 1 amide bonds. The number of nitrogens with two attached hydrogens (primary N) is 1. The van der Waals surface area contributed by atoms with Gasteiger partial charge in [-0.3, -0.25) is 4.79 Å². The van der Waals surface area contributed by atoms with Gasteiger partial charge in [0.2, 0.25) is 5.89 Å². The van der Waals surface area contributed by atoms with Crippen LogP contribution < -0.4 is 5.73 Å². The molecule has 1 unspecified atom stereocenters. The van der Waals surface area contributed by atoms with Crippen LogP contribution in [-0.2, 0) is 0 Å². The normalized spacial score (nSPS) is 12.7. The van der Waals surface area contributed by atoms with Crippen LogP contribution in [-0.4, -0.2) is 29.4 Å². The molecule has 0 aliphatic carbocycles. The average molecular weight is 267 g/mol. The number of aromatic nitrogens is 1. The summed E-state index contributed by atoms with van der Waals surface area (Å²) in [7, 11) is 1.78. The summed E-state index contributed by atoms with van der Waals surface area (Å²) in [6, 6.07) is -0.248. The number of carbonyl (C=O) groups excluding carboxylic acids is 1. The first kappa shape index (κ1) is 15.7. The van der Waals surface area contributed by atoms with Crippen molar-refractivity contribution in [2.45, 2.75) is 46.1 Å². The zero-order valence-electron chi connectivity index (χ0n) is 12.3. The summed E-state index contributed by atoms with van der Waals surface area (Å²) >= 11 is 0. The molecule has 5 heteroatoms. The molecule has 0 spiro atoms. The van der Waals surface area contributed by atoms with E-state index in [0.717, 1.165) is 25.8 Å². The highest BCUT2D eigenvalue weighted by Crippen LogP contribution is 2.18. The van der Waals surface area contributed by atoms with Gasteiger partial charge in [0.15, 0.2) is 5.69 Å². The molecule has 5 nitrogen and oxygen atoms in total. The summed E-state index contributed by atoms with van der Waals surface area (Å²) in [5.74, 6) is 0.800. The highest BCUT2D eigenvalue weighted by Gasteiger charge is 2.19. The fourth-order valence-electron chi connectivity index (χ4n) is 1.86. The minimum atomic E-state index is -0.248. The second kappa shape index (κ2) is 7.28. The Balaban J connectivity index is 2.65. The lowest BCUT2D eigenvalue weighted by Gasteiger charge is -2.14. The number of amides is 1. The third-order valence-electron chi connectivity index (χ3n) is 2.98. The second-order valence-electron chi connectivity index (χ2n) is 5.39. The van der Waals surface area contributed by atoms with E-state index in [1.165, 1.54) is 6.26 Å². The molecule has 0 saturated carbocycles. The molecule has 1 rings (SSSR count). The molecule has 0 aliphatic rings. The van der Waals surface area contributed by atoms with Crippen LogP contribution in [0.4, 0.5) is 0 Å². The summed E-state index contributed by atoms with van der Waals surface area (Å²) in [6.45, 7) is 7.01. The van der Waals surface area contributed by atoms with Crippen LogP contribution in [0.5, 0.6) is 0 Å². The summed E-state index contributed by atoms with van der Waals surface area (Å²) in [5, 5.41) is 0. The third-order valence-corrected chi connectivity index (χ3v) is 2.98. The van der Waals surface area contributed by atoms with Gasteiger partial charge in [0.25, 0.3) is 5.91 Å². The van der Waals surface area contributed by atoms with Crippen molar-refractivity contribution in [3.05, 3.63) is 17.8 Å². The summed E-state index contributed by atoms with van der Waals surface area (Å²) in [4.78, 5) is 17.9. The van der Waals surface area contributed by atoms with E-state index in [9.17, 15) is 4.79 Å². The van der Waals surface area contributed by atoms with Gasteiger partial charge < -0.3 is 15.1 Å². The predicted octanol–water partition coefficient (Wildman–Crippen LogP) is 2.59. The van der Waals surface area contributed by atoms with Gasteiger partial charge in [-0.2, -0.15) is 0 Å². The highest BCUT2D eigenvalue weighted by molar-refractivity contribution is 5.91. The smallest absolute Gasteiger partial charge is 0.275 e. The Morgan fingerprint density at radius 2 is 2.21 bits per heavy atom. The number of unbranched alkanes of at least 4 members (excludes halogenated alkanes) is 1. The van der Waals surface area contributed by atoms with Crippen molar-refractivity contribution in [3.63, 3.8) is 0 Å². The van der Waals surface area contributed by atoms with Gasteiger partial charge in [0.1, 0.15) is 6.26 Å². The van der Waals surface area contributed by atoms with Crippen molar-refractivity contribution in [1.82, 2.24) is 9.88 Å². The number of hydrogen-bond donors (Lipinski definition) is 1. The molecule has 0 aromatic carbocycles. The predicted molar refractivity (Wildman–Crippen MR) is 74.8 cm³/mol. The molecule has 2 N–H and O–H groups in total. The zero-order valence-corrected chi connectivity index (χ0v) is 12.3.